The van der Waals surface area contributed by atoms with Gasteiger partial charge in [0, 0.05) is 45.1 Å². The van der Waals surface area contributed by atoms with Gasteiger partial charge in [0.05, 0.1) is 23.3 Å². The van der Waals surface area contributed by atoms with Crippen LogP contribution in [0.25, 0.3) is 34.0 Å². The van der Waals surface area contributed by atoms with Gasteiger partial charge in [-0.25, -0.2) is 0 Å². The summed E-state index contributed by atoms with van der Waals surface area (Å²) in [5.74, 6) is 1.65. The Morgan fingerprint density at radius 3 is 1.76 bits per heavy atom. The summed E-state index contributed by atoms with van der Waals surface area (Å²) in [5, 5.41) is 0. The number of rotatable bonds is 3. The van der Waals surface area contributed by atoms with E-state index in [9.17, 15) is 8.78 Å². The minimum absolute atomic E-state index is 0. The summed E-state index contributed by atoms with van der Waals surface area (Å²) in [6, 6.07) is 29.8. The second-order valence-corrected chi connectivity index (χ2v) is 8.42. The quantitative estimate of drug-likeness (QED) is 0.151. The van der Waals surface area contributed by atoms with E-state index in [-0.39, 0.29) is 31.2 Å². The maximum absolute atomic E-state index is 14.0. The van der Waals surface area contributed by atoms with Crippen molar-refractivity contribution in [3.05, 3.63) is 146 Å². The molecule has 0 saturated carbocycles. The second-order valence-electron chi connectivity index (χ2n) is 8.42. The van der Waals surface area contributed by atoms with Crippen molar-refractivity contribution >= 4 is 0 Å². The van der Waals surface area contributed by atoms with E-state index in [1.807, 2.05) is 72.8 Å². The zero-order valence-electron chi connectivity index (χ0n) is 22.2. The zero-order chi connectivity index (χ0) is 28.3. The Hall–Kier alpha value is -4.70. The molecule has 0 N–H and O–H groups in total. The fourth-order valence-electron chi connectivity index (χ4n) is 3.63. The summed E-state index contributed by atoms with van der Waals surface area (Å²) in [5.41, 5.74) is 3.08. The molecule has 0 radical (unpaired) electrons. The molecule has 204 valence electrons. The molecule has 0 spiro atoms. The van der Waals surface area contributed by atoms with E-state index >= 15 is 0 Å². The van der Waals surface area contributed by atoms with Gasteiger partial charge in [0.25, 0.3) is 0 Å². The molecule has 3 heterocycles. The van der Waals surface area contributed by atoms with E-state index in [1.165, 1.54) is 0 Å². The van der Waals surface area contributed by atoms with Crippen LogP contribution in [-0.2, 0) is 34.2 Å². The van der Waals surface area contributed by atoms with Crippen LogP contribution in [0.15, 0.2) is 110 Å². The van der Waals surface area contributed by atoms with Gasteiger partial charge in [-0.05, 0) is 22.9 Å². The molecule has 0 fully saturated rings. The molecule has 0 saturated heterocycles. The minimum atomic E-state index is -0.699. The molecule has 0 bridgehead atoms. The van der Waals surface area contributed by atoms with E-state index in [4.69, 9.17) is 6.42 Å². The molecule has 5 nitrogen and oxygen atoms in total. The van der Waals surface area contributed by atoms with E-state index in [2.05, 4.69) is 33.0 Å². The Morgan fingerprint density at radius 2 is 1.32 bits per heavy atom. The third kappa shape index (κ3) is 8.15. The maximum atomic E-state index is 14.0. The summed E-state index contributed by atoms with van der Waals surface area (Å²) in [7, 11) is 3.47. The molecule has 0 aliphatic carbocycles. The van der Waals surface area contributed by atoms with Gasteiger partial charge >= 0.3 is 20.1 Å². The van der Waals surface area contributed by atoms with Gasteiger partial charge in [0.1, 0.15) is 0 Å². The Morgan fingerprint density at radius 1 is 0.732 bits per heavy atom. The van der Waals surface area contributed by atoms with Crippen molar-refractivity contribution in [2.24, 2.45) is 14.1 Å². The van der Waals surface area contributed by atoms with Crippen molar-refractivity contribution in [1.82, 2.24) is 24.1 Å². The SMILES string of the molecule is Cn1ccnc1-c1[c-]c(-c2nccn2C)c(F)cc1F.[C-]#Cc1ccccc1.[Ir+3].[c-]1ccccc1-c1ccccn1. The molecule has 41 heavy (non-hydrogen) atoms. The molecule has 0 atom stereocenters. The van der Waals surface area contributed by atoms with Gasteiger partial charge < -0.3 is 20.5 Å². The number of imidazole rings is 2. The van der Waals surface area contributed by atoms with E-state index in [1.54, 1.807) is 54.2 Å². The summed E-state index contributed by atoms with van der Waals surface area (Å²) < 4.78 is 31.2. The number of nitrogens with zero attached hydrogens (tertiary/aromatic N) is 5. The fraction of sp³-hybridized carbons (Fsp3) is 0.0606. The Balaban J connectivity index is 0.000000187. The van der Waals surface area contributed by atoms with Crippen LogP contribution >= 0.6 is 0 Å². The smallest absolute Gasteiger partial charge is 0.366 e. The van der Waals surface area contributed by atoms with Crippen LogP contribution < -0.4 is 0 Å². The van der Waals surface area contributed by atoms with Crippen molar-refractivity contribution in [3.8, 4) is 40.0 Å². The monoisotopic (exact) mass is 721 g/mol. The molecule has 0 aliphatic heterocycles. The van der Waals surface area contributed by atoms with Crippen LogP contribution in [0, 0.1) is 36.1 Å². The predicted molar refractivity (Wildman–Crippen MR) is 151 cm³/mol. The average Bonchev–Trinajstić information content (AvgIpc) is 3.63. The second kappa shape index (κ2) is 15.2. The summed E-state index contributed by atoms with van der Waals surface area (Å²) >= 11 is 0. The molecule has 0 aliphatic rings. The van der Waals surface area contributed by atoms with Gasteiger partial charge in [-0.1, -0.05) is 36.4 Å². The standard InChI is InChI=1S/C14H11F2N4.C11H8N.C8H5.Ir/c1-19-5-3-17-13(19)9-7-10(12(16)8-11(9)15)14-18-4-6-20(14)2;1-2-6-10(7-3-1)11-8-4-5-9-12-11;1-2-8-6-4-3-5-7-8;/h3-6,8H,1-2H3;1-6,8-9H;3-7H;/q3*-1;+3. The first-order valence-electron chi connectivity index (χ1n) is 12.2. The number of aryl methyl sites for hydroxylation is 2. The third-order valence-corrected chi connectivity index (χ3v) is 5.64. The number of pyridine rings is 1. The molecule has 0 amide bonds. The largest absolute Gasteiger partial charge is 3.00 e. The Bertz CT molecular complexity index is 1590. The van der Waals surface area contributed by atoms with E-state index in [0.29, 0.717) is 11.6 Å². The summed E-state index contributed by atoms with van der Waals surface area (Å²) in [4.78, 5) is 12.3. The normalized spacial score (nSPS) is 9.73. The maximum Gasteiger partial charge on any atom is 3.00 e. The Labute approximate surface area is 251 Å². The van der Waals surface area contributed by atoms with E-state index in [0.717, 1.165) is 22.9 Å². The first-order valence-corrected chi connectivity index (χ1v) is 12.2. The number of halogens is 2. The molecule has 6 rings (SSSR count). The molecule has 3 aromatic heterocycles. The number of hydrogen-bond donors (Lipinski definition) is 0. The van der Waals surface area contributed by atoms with Crippen LogP contribution in [0.2, 0.25) is 0 Å². The Kier molecular flexibility index (Phi) is 11.4. The third-order valence-electron chi connectivity index (χ3n) is 5.64. The van der Waals surface area contributed by atoms with Crippen molar-refractivity contribution in [2.75, 3.05) is 0 Å². The minimum Gasteiger partial charge on any atom is -0.366 e. The number of hydrogen-bond acceptors (Lipinski definition) is 3. The van der Waals surface area contributed by atoms with Crippen molar-refractivity contribution in [2.45, 2.75) is 0 Å². The molecule has 8 heteroatoms. The van der Waals surface area contributed by atoms with Gasteiger partial charge in [-0.3, -0.25) is 24.7 Å². The molecular formula is C33H24F2IrN5. The predicted octanol–water partition coefficient (Wildman–Crippen LogP) is 6.74. The van der Waals surface area contributed by atoms with Gasteiger partial charge in [0.2, 0.25) is 0 Å². The van der Waals surface area contributed by atoms with Crippen LogP contribution in [0.3, 0.4) is 0 Å². The molecular weight excluding hydrogens is 697 g/mol. The first kappa shape index (κ1) is 30.8. The number of aromatic nitrogens is 5. The van der Waals surface area contributed by atoms with Crippen LogP contribution in [0.1, 0.15) is 5.56 Å². The fourth-order valence-corrected chi connectivity index (χ4v) is 3.63. The van der Waals surface area contributed by atoms with E-state index < -0.39 is 11.6 Å². The molecule has 0 unspecified atom stereocenters. The first-order chi connectivity index (χ1) is 19.5. The van der Waals surface area contributed by atoms with Gasteiger partial charge in [-0.15, -0.1) is 59.7 Å². The average molecular weight is 721 g/mol. The summed E-state index contributed by atoms with van der Waals surface area (Å²) in [6.45, 7) is 0. The molecule has 3 aromatic carbocycles. The van der Waals surface area contributed by atoms with Gasteiger partial charge in [0.15, 0.2) is 0 Å². The number of benzene rings is 3. The van der Waals surface area contributed by atoms with Crippen LogP contribution in [0.4, 0.5) is 8.78 Å². The van der Waals surface area contributed by atoms with Crippen LogP contribution in [-0.4, -0.2) is 24.1 Å². The summed E-state index contributed by atoms with van der Waals surface area (Å²) in [6.07, 6.45) is 15.0. The zero-order valence-corrected chi connectivity index (χ0v) is 24.6. The van der Waals surface area contributed by atoms with Crippen molar-refractivity contribution in [1.29, 1.82) is 0 Å². The van der Waals surface area contributed by atoms with Crippen LogP contribution in [0.5, 0.6) is 0 Å². The van der Waals surface area contributed by atoms with Gasteiger partial charge in [-0.2, -0.15) is 0 Å². The van der Waals surface area contributed by atoms with Crippen molar-refractivity contribution < 1.29 is 28.9 Å². The topological polar surface area (TPSA) is 48.5 Å². The van der Waals surface area contributed by atoms with Crippen molar-refractivity contribution in [3.63, 3.8) is 0 Å². The molecule has 6 aromatic rings.